The number of hydrogen-bond donors (Lipinski definition) is 1. The molecule has 3 heterocycles. The number of nitriles is 1. The molecule has 0 spiro atoms. The zero-order chi connectivity index (χ0) is 19.8. The molecule has 8 nitrogen and oxygen atoms in total. The summed E-state index contributed by atoms with van der Waals surface area (Å²) in [5.74, 6) is 1.46. The van der Waals surface area contributed by atoms with E-state index in [1.165, 1.54) is 6.33 Å². The van der Waals surface area contributed by atoms with E-state index in [0.717, 1.165) is 41.5 Å². The van der Waals surface area contributed by atoms with Crippen LogP contribution in [0.15, 0.2) is 36.8 Å². The molecular formula is C21H22N6O2. The molecule has 148 valence electrons. The van der Waals surface area contributed by atoms with Gasteiger partial charge < -0.3 is 14.7 Å². The second-order valence-electron chi connectivity index (χ2n) is 7.73. The fourth-order valence-electron chi connectivity index (χ4n) is 4.16. The minimum atomic E-state index is -0.368. The van der Waals surface area contributed by atoms with Crippen LogP contribution in [0.3, 0.4) is 0 Å². The standard InChI is InChI=1S/C21H22N6O2/c22-13-21(4-1-5-21)16-3-2-15-10-25-27(18(15)8-16)20-9-19(23-14-24-20)26-6-7-29-17(11-26)12-28/h2-3,8-10,14,17,28H,1,4-7,11-12H2/t17-/m0/s1. The fourth-order valence-corrected chi connectivity index (χ4v) is 4.16. The van der Waals surface area contributed by atoms with Crippen LogP contribution in [-0.2, 0) is 10.2 Å². The lowest BCUT2D eigenvalue weighted by atomic mass is 9.65. The molecule has 5 rings (SSSR count). The molecule has 0 unspecified atom stereocenters. The van der Waals surface area contributed by atoms with Gasteiger partial charge in [-0.05, 0) is 30.9 Å². The van der Waals surface area contributed by atoms with Crippen LogP contribution in [0.5, 0.6) is 0 Å². The van der Waals surface area contributed by atoms with Gasteiger partial charge in [0.15, 0.2) is 5.82 Å². The van der Waals surface area contributed by atoms with Crippen molar-refractivity contribution in [3.63, 3.8) is 0 Å². The van der Waals surface area contributed by atoms with Crippen molar-refractivity contribution in [1.82, 2.24) is 19.7 Å². The number of nitrogens with zero attached hydrogens (tertiary/aromatic N) is 6. The first-order valence-electron chi connectivity index (χ1n) is 9.92. The lowest BCUT2D eigenvalue weighted by molar-refractivity contribution is 0.00335. The van der Waals surface area contributed by atoms with Crippen LogP contribution in [0.25, 0.3) is 16.7 Å². The van der Waals surface area contributed by atoms with E-state index >= 15 is 0 Å². The largest absolute Gasteiger partial charge is 0.394 e. The van der Waals surface area contributed by atoms with Crippen LogP contribution in [0.2, 0.25) is 0 Å². The Hall–Kier alpha value is -3.02. The smallest absolute Gasteiger partial charge is 0.159 e. The monoisotopic (exact) mass is 390 g/mol. The molecule has 8 heteroatoms. The molecule has 1 atom stereocenters. The van der Waals surface area contributed by atoms with Crippen LogP contribution >= 0.6 is 0 Å². The van der Waals surface area contributed by atoms with Crippen molar-refractivity contribution >= 4 is 16.7 Å². The number of aliphatic hydroxyl groups excluding tert-OH is 1. The van der Waals surface area contributed by atoms with Crippen molar-refractivity contribution in [3.8, 4) is 11.9 Å². The topological polar surface area (TPSA) is 100 Å². The highest BCUT2D eigenvalue weighted by Crippen LogP contribution is 2.43. The van der Waals surface area contributed by atoms with Gasteiger partial charge in [0, 0.05) is 24.5 Å². The maximum Gasteiger partial charge on any atom is 0.159 e. The average Bonchev–Trinajstić information content (AvgIpc) is 3.17. The third-order valence-electron chi connectivity index (χ3n) is 6.07. The van der Waals surface area contributed by atoms with Crippen LogP contribution in [0, 0.1) is 11.3 Å². The van der Waals surface area contributed by atoms with Gasteiger partial charge in [0.05, 0.1) is 42.5 Å². The number of fused-ring (bicyclic) bond motifs is 1. The van der Waals surface area contributed by atoms with E-state index in [2.05, 4.69) is 32.1 Å². The Morgan fingerprint density at radius 2 is 2.10 bits per heavy atom. The molecule has 2 aromatic heterocycles. The SMILES string of the molecule is N#CC1(c2ccc3cnn(-c4cc(N5CCO[C@H](CO)C5)ncn4)c3c2)CCC1. The maximum absolute atomic E-state index is 9.69. The van der Waals surface area contributed by atoms with Crippen molar-refractivity contribution < 1.29 is 9.84 Å². The summed E-state index contributed by atoms with van der Waals surface area (Å²) in [5.41, 5.74) is 1.62. The molecule has 0 amide bonds. The third kappa shape index (κ3) is 3.03. The summed E-state index contributed by atoms with van der Waals surface area (Å²) >= 11 is 0. The summed E-state index contributed by atoms with van der Waals surface area (Å²) in [5, 5.41) is 24.6. The summed E-state index contributed by atoms with van der Waals surface area (Å²) in [6.07, 6.45) is 6.05. The number of hydrogen-bond acceptors (Lipinski definition) is 7. The molecule has 1 N–H and O–H groups in total. The molecule has 1 aliphatic heterocycles. The highest BCUT2D eigenvalue weighted by atomic mass is 16.5. The Morgan fingerprint density at radius 3 is 2.86 bits per heavy atom. The van der Waals surface area contributed by atoms with Crippen molar-refractivity contribution in [3.05, 3.63) is 42.4 Å². The van der Waals surface area contributed by atoms with Crippen LogP contribution < -0.4 is 4.90 Å². The average molecular weight is 390 g/mol. The Balaban J connectivity index is 1.52. The van der Waals surface area contributed by atoms with E-state index in [4.69, 9.17) is 4.74 Å². The quantitative estimate of drug-likeness (QED) is 0.727. The molecule has 3 aromatic rings. The van der Waals surface area contributed by atoms with Crippen molar-refractivity contribution in [1.29, 1.82) is 5.26 Å². The first-order chi connectivity index (χ1) is 14.2. The third-order valence-corrected chi connectivity index (χ3v) is 6.07. The fraction of sp³-hybridized carbons (Fsp3) is 0.429. The van der Waals surface area contributed by atoms with Gasteiger partial charge >= 0.3 is 0 Å². The summed E-state index contributed by atoms with van der Waals surface area (Å²) in [4.78, 5) is 10.9. The first-order valence-corrected chi connectivity index (χ1v) is 9.92. The minimum absolute atomic E-state index is 0.0122. The first kappa shape index (κ1) is 18.0. The molecule has 0 radical (unpaired) electrons. The normalized spacial score (nSPS) is 21.0. The van der Waals surface area contributed by atoms with Crippen LogP contribution in [0.4, 0.5) is 5.82 Å². The number of morpholine rings is 1. The van der Waals surface area contributed by atoms with Gasteiger partial charge in [0.1, 0.15) is 12.1 Å². The lowest BCUT2D eigenvalue weighted by Gasteiger charge is -2.35. The Labute approximate surface area is 168 Å². The van der Waals surface area contributed by atoms with Gasteiger partial charge in [0.2, 0.25) is 0 Å². The Kier molecular flexibility index (Phi) is 4.42. The number of aliphatic hydroxyl groups is 1. The minimum Gasteiger partial charge on any atom is -0.394 e. The molecule has 2 aliphatic rings. The Bertz CT molecular complexity index is 1080. The molecule has 1 aliphatic carbocycles. The van der Waals surface area contributed by atoms with Gasteiger partial charge in [-0.1, -0.05) is 12.1 Å². The zero-order valence-corrected chi connectivity index (χ0v) is 16.0. The molecule has 29 heavy (non-hydrogen) atoms. The summed E-state index contributed by atoms with van der Waals surface area (Å²) in [7, 11) is 0. The summed E-state index contributed by atoms with van der Waals surface area (Å²) in [6, 6.07) is 10.6. The second-order valence-corrected chi connectivity index (χ2v) is 7.73. The van der Waals surface area contributed by atoms with Gasteiger partial charge in [-0.3, -0.25) is 0 Å². The van der Waals surface area contributed by atoms with E-state index in [1.54, 1.807) is 4.68 Å². The number of benzene rings is 1. The van der Waals surface area contributed by atoms with E-state index in [-0.39, 0.29) is 18.1 Å². The highest BCUT2D eigenvalue weighted by Gasteiger charge is 2.39. The summed E-state index contributed by atoms with van der Waals surface area (Å²) < 4.78 is 7.34. The number of anilines is 1. The zero-order valence-electron chi connectivity index (χ0n) is 16.0. The van der Waals surface area contributed by atoms with Crippen molar-refractivity contribution in [2.75, 3.05) is 31.2 Å². The lowest BCUT2D eigenvalue weighted by Crippen LogP contribution is -2.44. The van der Waals surface area contributed by atoms with E-state index in [1.807, 2.05) is 24.4 Å². The van der Waals surface area contributed by atoms with Crippen molar-refractivity contribution in [2.24, 2.45) is 0 Å². The number of aromatic nitrogens is 4. The van der Waals surface area contributed by atoms with Gasteiger partial charge in [-0.25, -0.2) is 14.6 Å². The molecule has 1 saturated carbocycles. The van der Waals surface area contributed by atoms with Gasteiger partial charge in [0.25, 0.3) is 0 Å². The predicted octanol–water partition coefficient (Wildman–Crippen LogP) is 1.96. The van der Waals surface area contributed by atoms with E-state index in [9.17, 15) is 10.4 Å². The van der Waals surface area contributed by atoms with Gasteiger partial charge in [-0.15, -0.1) is 0 Å². The second kappa shape index (κ2) is 7.10. The number of rotatable bonds is 4. The maximum atomic E-state index is 9.69. The van der Waals surface area contributed by atoms with E-state index in [0.29, 0.717) is 25.5 Å². The molecule has 2 fully saturated rings. The van der Waals surface area contributed by atoms with Gasteiger partial charge in [-0.2, -0.15) is 10.4 Å². The van der Waals surface area contributed by atoms with Crippen LogP contribution in [0.1, 0.15) is 24.8 Å². The molecule has 1 aromatic carbocycles. The van der Waals surface area contributed by atoms with Crippen LogP contribution in [-0.4, -0.2) is 57.3 Å². The van der Waals surface area contributed by atoms with Crippen molar-refractivity contribution in [2.45, 2.75) is 30.8 Å². The predicted molar refractivity (Wildman–Crippen MR) is 107 cm³/mol. The molecular weight excluding hydrogens is 368 g/mol. The Morgan fingerprint density at radius 1 is 1.24 bits per heavy atom. The highest BCUT2D eigenvalue weighted by molar-refractivity contribution is 5.81. The van der Waals surface area contributed by atoms with E-state index < -0.39 is 0 Å². The number of ether oxygens (including phenoxy) is 1. The molecule has 1 saturated heterocycles. The summed E-state index contributed by atoms with van der Waals surface area (Å²) in [6.45, 7) is 1.83. The molecule has 0 bridgehead atoms.